The molecule has 4 heteroatoms. The summed E-state index contributed by atoms with van der Waals surface area (Å²) in [5, 5.41) is 3.44. The molecule has 1 saturated heterocycles. The largest absolute Gasteiger partial charge is 0.322 e. The van der Waals surface area contributed by atoms with Gasteiger partial charge in [0.25, 0.3) is 0 Å². The Hall–Kier alpha value is -0.610. The predicted octanol–water partition coefficient (Wildman–Crippen LogP) is 2.05. The first-order valence-electron chi connectivity index (χ1n) is 7.85. The minimum Gasteiger partial charge on any atom is -0.322 e. The van der Waals surface area contributed by atoms with E-state index < -0.39 is 0 Å². The second kappa shape index (κ2) is 7.85. The van der Waals surface area contributed by atoms with Crippen molar-refractivity contribution < 1.29 is 4.79 Å². The van der Waals surface area contributed by atoms with Crippen LogP contribution in [0.5, 0.6) is 0 Å². The number of carbonyl (C=O) groups is 1. The van der Waals surface area contributed by atoms with Gasteiger partial charge in [0.15, 0.2) is 0 Å². The van der Waals surface area contributed by atoms with E-state index in [4.69, 9.17) is 0 Å². The Morgan fingerprint density at radius 2 is 1.95 bits per heavy atom. The predicted molar refractivity (Wildman–Crippen MR) is 80.0 cm³/mol. The van der Waals surface area contributed by atoms with E-state index in [0.29, 0.717) is 5.91 Å². The zero-order valence-electron chi connectivity index (χ0n) is 13.3. The molecule has 0 radical (unpaired) electrons. The Labute approximate surface area is 118 Å². The molecule has 0 aromatic heterocycles. The first kappa shape index (κ1) is 16.4. The average Bonchev–Trinajstić information content (AvgIpc) is 2.68. The Morgan fingerprint density at radius 1 is 1.32 bits per heavy atom. The quantitative estimate of drug-likeness (QED) is 0.732. The van der Waals surface area contributed by atoms with Gasteiger partial charge in [-0.1, -0.05) is 33.6 Å². The van der Waals surface area contributed by atoms with E-state index in [1.807, 2.05) is 4.90 Å². The molecule has 1 amide bonds. The van der Waals surface area contributed by atoms with Gasteiger partial charge in [0.05, 0.1) is 12.2 Å². The maximum Gasteiger partial charge on any atom is 0.241 e. The van der Waals surface area contributed by atoms with Crippen molar-refractivity contribution >= 4 is 5.91 Å². The van der Waals surface area contributed by atoms with Crippen LogP contribution in [0.25, 0.3) is 0 Å². The lowest BCUT2D eigenvalue weighted by Gasteiger charge is -2.32. The highest BCUT2D eigenvalue weighted by Crippen LogP contribution is 2.18. The van der Waals surface area contributed by atoms with Crippen molar-refractivity contribution in [2.45, 2.75) is 72.1 Å². The molecule has 112 valence electrons. The first-order valence-corrected chi connectivity index (χ1v) is 7.85. The third-order valence-electron chi connectivity index (χ3n) is 4.15. The molecule has 1 rings (SSSR count). The highest BCUT2D eigenvalue weighted by Gasteiger charge is 2.38. The van der Waals surface area contributed by atoms with Gasteiger partial charge in [0.2, 0.25) is 5.91 Å². The molecule has 0 saturated carbocycles. The van der Waals surface area contributed by atoms with Crippen molar-refractivity contribution in [2.75, 3.05) is 19.6 Å². The summed E-state index contributed by atoms with van der Waals surface area (Å²) < 4.78 is 0. The molecule has 0 aromatic rings. The molecular weight excluding hydrogens is 238 g/mol. The Balaban J connectivity index is 2.59. The second-order valence-corrected chi connectivity index (χ2v) is 5.62. The highest BCUT2D eigenvalue weighted by atomic mass is 16.2. The Bertz CT molecular complexity index is 279. The van der Waals surface area contributed by atoms with Crippen LogP contribution in [0.3, 0.4) is 0 Å². The number of nitrogens with zero attached hydrogens (tertiary/aromatic N) is 2. The number of unbranched alkanes of at least 4 members (excludes halogenated alkanes) is 1. The molecule has 0 bridgehead atoms. The number of carbonyl (C=O) groups excluding carboxylic acids is 1. The molecule has 4 nitrogen and oxygen atoms in total. The lowest BCUT2D eigenvalue weighted by Crippen LogP contribution is -2.47. The summed E-state index contributed by atoms with van der Waals surface area (Å²) in [5.41, 5.74) is 0. The van der Waals surface area contributed by atoms with Crippen LogP contribution in [0.2, 0.25) is 0 Å². The number of rotatable bonds is 8. The van der Waals surface area contributed by atoms with E-state index >= 15 is 0 Å². The van der Waals surface area contributed by atoms with E-state index in [-0.39, 0.29) is 18.2 Å². The molecule has 19 heavy (non-hydrogen) atoms. The van der Waals surface area contributed by atoms with Crippen molar-refractivity contribution in [2.24, 2.45) is 0 Å². The highest BCUT2D eigenvalue weighted by molar-refractivity contribution is 5.84. The lowest BCUT2D eigenvalue weighted by molar-refractivity contribution is -0.132. The fraction of sp³-hybridized carbons (Fsp3) is 0.933. The first-order chi connectivity index (χ1) is 9.04. The summed E-state index contributed by atoms with van der Waals surface area (Å²) in [7, 11) is 0. The fourth-order valence-corrected chi connectivity index (χ4v) is 2.97. The molecule has 1 aliphatic rings. The molecule has 0 aliphatic carbocycles. The van der Waals surface area contributed by atoms with Gasteiger partial charge in [-0.3, -0.25) is 10.1 Å². The molecule has 0 spiro atoms. The van der Waals surface area contributed by atoms with Gasteiger partial charge >= 0.3 is 0 Å². The van der Waals surface area contributed by atoms with Gasteiger partial charge in [-0.2, -0.15) is 0 Å². The van der Waals surface area contributed by atoms with Gasteiger partial charge in [-0.15, -0.1) is 0 Å². The van der Waals surface area contributed by atoms with Crippen molar-refractivity contribution in [1.29, 1.82) is 0 Å². The van der Waals surface area contributed by atoms with Crippen LogP contribution < -0.4 is 5.32 Å². The Kier molecular flexibility index (Phi) is 6.80. The summed E-state index contributed by atoms with van der Waals surface area (Å²) in [6, 6.07) is 0.315. The van der Waals surface area contributed by atoms with Gasteiger partial charge in [-0.05, 0) is 33.4 Å². The Morgan fingerprint density at radius 3 is 2.47 bits per heavy atom. The van der Waals surface area contributed by atoms with Gasteiger partial charge in [0, 0.05) is 12.6 Å². The standard InChI is InChI=1S/C15H31N3O/c1-6-9-10-14-15(19)18(13(5)16-14)12(4)11-17(7-2)8-3/h12-14,16H,6-11H2,1-5H3. The van der Waals surface area contributed by atoms with Crippen LogP contribution in [0.1, 0.15) is 53.9 Å². The van der Waals surface area contributed by atoms with Crippen LogP contribution in [-0.4, -0.2) is 53.6 Å². The normalized spacial score (nSPS) is 25.4. The number of nitrogens with one attached hydrogen (secondary N) is 1. The molecule has 1 aliphatic heterocycles. The van der Waals surface area contributed by atoms with Crippen molar-refractivity contribution in [3.8, 4) is 0 Å². The van der Waals surface area contributed by atoms with Gasteiger partial charge in [0.1, 0.15) is 0 Å². The SMILES string of the molecule is CCCCC1NC(C)N(C(C)CN(CC)CC)C1=O. The van der Waals surface area contributed by atoms with Crippen LogP contribution in [0.4, 0.5) is 0 Å². The lowest BCUT2D eigenvalue weighted by atomic mass is 10.1. The number of hydrogen-bond acceptors (Lipinski definition) is 3. The molecule has 1 N–H and O–H groups in total. The van der Waals surface area contributed by atoms with Gasteiger partial charge in [-0.25, -0.2) is 0 Å². The topological polar surface area (TPSA) is 35.6 Å². The van der Waals surface area contributed by atoms with Crippen LogP contribution in [-0.2, 0) is 4.79 Å². The van der Waals surface area contributed by atoms with Crippen molar-refractivity contribution in [3.05, 3.63) is 0 Å². The third kappa shape index (κ3) is 4.18. The smallest absolute Gasteiger partial charge is 0.241 e. The summed E-state index contributed by atoms with van der Waals surface area (Å²) in [4.78, 5) is 16.9. The number of likely N-dealkylation sites (N-methyl/N-ethyl adjacent to an activating group) is 1. The van der Waals surface area contributed by atoms with E-state index in [1.54, 1.807) is 0 Å². The van der Waals surface area contributed by atoms with Gasteiger partial charge < -0.3 is 9.80 Å². The van der Waals surface area contributed by atoms with E-state index in [2.05, 4.69) is 44.8 Å². The van der Waals surface area contributed by atoms with E-state index in [0.717, 1.165) is 38.9 Å². The maximum atomic E-state index is 12.5. The minimum absolute atomic E-state index is 0.0362. The summed E-state index contributed by atoms with van der Waals surface area (Å²) in [6.07, 6.45) is 3.40. The third-order valence-corrected chi connectivity index (χ3v) is 4.15. The minimum atomic E-state index is 0.0362. The molecule has 3 unspecified atom stereocenters. The monoisotopic (exact) mass is 269 g/mol. The molecule has 1 fully saturated rings. The van der Waals surface area contributed by atoms with Crippen LogP contribution >= 0.6 is 0 Å². The van der Waals surface area contributed by atoms with E-state index in [1.165, 1.54) is 0 Å². The molecule has 3 atom stereocenters. The van der Waals surface area contributed by atoms with Crippen LogP contribution in [0.15, 0.2) is 0 Å². The average molecular weight is 269 g/mol. The molecular formula is C15H31N3O. The van der Waals surface area contributed by atoms with Crippen molar-refractivity contribution in [1.82, 2.24) is 15.1 Å². The summed E-state index contributed by atoms with van der Waals surface area (Å²) in [5.74, 6) is 0.292. The molecule has 1 heterocycles. The van der Waals surface area contributed by atoms with Crippen molar-refractivity contribution in [3.63, 3.8) is 0 Å². The zero-order chi connectivity index (χ0) is 14.4. The summed E-state index contributed by atoms with van der Waals surface area (Å²) >= 11 is 0. The van der Waals surface area contributed by atoms with E-state index in [9.17, 15) is 4.79 Å². The van der Waals surface area contributed by atoms with Crippen LogP contribution in [0, 0.1) is 0 Å². The summed E-state index contributed by atoms with van der Waals surface area (Å²) in [6.45, 7) is 13.8. The maximum absolute atomic E-state index is 12.5. The second-order valence-electron chi connectivity index (χ2n) is 5.62. The molecule has 0 aromatic carbocycles. The number of amides is 1. The fourth-order valence-electron chi connectivity index (χ4n) is 2.97. The zero-order valence-corrected chi connectivity index (χ0v) is 13.3. The number of hydrogen-bond donors (Lipinski definition) is 1.